The highest BCUT2D eigenvalue weighted by Crippen LogP contribution is 2.07. The molecular weight excluding hydrogens is 194 g/mol. The summed E-state index contributed by atoms with van der Waals surface area (Å²) in [5.41, 5.74) is 0.0449. The summed E-state index contributed by atoms with van der Waals surface area (Å²) in [5, 5.41) is 10.5. The van der Waals surface area contributed by atoms with E-state index in [0.29, 0.717) is 10.8 Å². The van der Waals surface area contributed by atoms with Gasteiger partial charge < -0.3 is 5.11 Å². The minimum Gasteiger partial charge on any atom is -0.476 e. The van der Waals surface area contributed by atoms with Crippen molar-refractivity contribution in [3.63, 3.8) is 0 Å². The monoisotopic (exact) mass is 199 g/mol. The highest BCUT2D eigenvalue weighted by atomic mass is 32.1. The lowest BCUT2D eigenvalue weighted by atomic mass is 10.5. The van der Waals surface area contributed by atoms with E-state index in [4.69, 9.17) is 5.11 Å². The molecule has 0 aliphatic rings. The number of thiol groups is 1. The number of hydrogen-bond donors (Lipinski definition) is 2. The average Bonchev–Trinajstić information content (AvgIpc) is 2.48. The Morgan fingerprint density at radius 1 is 1.83 bits per heavy atom. The Kier molecular flexibility index (Phi) is 3.14. The molecule has 0 aromatic carbocycles. The Bertz CT molecular complexity index is 348. The molecule has 1 aromatic rings. The Hall–Kier alpha value is -0.990. The minimum absolute atomic E-state index is 0.0449. The first-order chi connectivity index (χ1) is 5.74. The molecule has 0 bridgehead atoms. The van der Waals surface area contributed by atoms with Crippen LogP contribution in [-0.2, 0) is 0 Å². The molecule has 0 aliphatic carbocycles. The standard InChI is InChI=1S/C7H5NO2S2/c9-7(10)5-4-12-6(8-5)2-1-3-11/h4,11H,3H2,(H,9,10). The van der Waals surface area contributed by atoms with E-state index in [0.717, 1.165) is 0 Å². The first-order valence-corrected chi connectivity index (χ1v) is 4.54. The third kappa shape index (κ3) is 2.26. The molecule has 0 fully saturated rings. The van der Waals surface area contributed by atoms with Crippen LogP contribution in [0.2, 0.25) is 0 Å². The van der Waals surface area contributed by atoms with Gasteiger partial charge in [0.05, 0.1) is 5.75 Å². The number of aromatic carboxylic acids is 1. The van der Waals surface area contributed by atoms with Crippen molar-refractivity contribution in [2.75, 3.05) is 5.75 Å². The second kappa shape index (κ2) is 4.14. The Labute approximate surface area is 78.9 Å². The van der Waals surface area contributed by atoms with E-state index in [9.17, 15) is 4.79 Å². The van der Waals surface area contributed by atoms with Crippen LogP contribution in [0.25, 0.3) is 0 Å². The zero-order valence-corrected chi connectivity index (χ0v) is 7.65. The van der Waals surface area contributed by atoms with Gasteiger partial charge in [-0.05, 0) is 5.92 Å². The predicted octanol–water partition coefficient (Wildman–Crippen LogP) is 1.12. The van der Waals surface area contributed by atoms with Crippen molar-refractivity contribution in [1.82, 2.24) is 4.98 Å². The number of rotatable bonds is 1. The van der Waals surface area contributed by atoms with E-state index in [2.05, 4.69) is 29.5 Å². The average molecular weight is 199 g/mol. The van der Waals surface area contributed by atoms with Gasteiger partial charge >= 0.3 is 5.97 Å². The van der Waals surface area contributed by atoms with Crippen molar-refractivity contribution in [1.29, 1.82) is 0 Å². The fourth-order valence-corrected chi connectivity index (χ4v) is 1.28. The van der Waals surface area contributed by atoms with Crippen molar-refractivity contribution in [3.05, 3.63) is 16.1 Å². The number of carbonyl (C=O) groups is 1. The molecule has 0 saturated carbocycles. The summed E-state index contributed by atoms with van der Waals surface area (Å²) in [5.74, 6) is 4.80. The maximum absolute atomic E-state index is 10.4. The van der Waals surface area contributed by atoms with Gasteiger partial charge in [0.2, 0.25) is 0 Å². The van der Waals surface area contributed by atoms with Crippen LogP contribution < -0.4 is 0 Å². The van der Waals surface area contributed by atoms with E-state index < -0.39 is 5.97 Å². The molecule has 0 unspecified atom stereocenters. The molecule has 0 amide bonds. The molecule has 1 N–H and O–H groups in total. The summed E-state index contributed by atoms with van der Waals surface area (Å²) >= 11 is 5.10. The van der Waals surface area contributed by atoms with Crippen LogP contribution in [0.5, 0.6) is 0 Å². The van der Waals surface area contributed by atoms with Crippen molar-refractivity contribution in [3.8, 4) is 11.8 Å². The summed E-state index contributed by atoms with van der Waals surface area (Å²) in [6.07, 6.45) is 0. The summed E-state index contributed by atoms with van der Waals surface area (Å²) in [6, 6.07) is 0. The van der Waals surface area contributed by atoms with Crippen LogP contribution in [-0.4, -0.2) is 21.8 Å². The van der Waals surface area contributed by atoms with Crippen LogP contribution in [0, 0.1) is 11.8 Å². The Morgan fingerprint density at radius 3 is 3.08 bits per heavy atom. The summed E-state index contributed by atoms with van der Waals surface area (Å²) in [7, 11) is 0. The molecule has 0 atom stereocenters. The molecule has 5 heteroatoms. The summed E-state index contributed by atoms with van der Waals surface area (Å²) in [6.45, 7) is 0. The number of aromatic nitrogens is 1. The Balaban J connectivity index is 2.84. The van der Waals surface area contributed by atoms with Crippen LogP contribution in [0.4, 0.5) is 0 Å². The first-order valence-electron chi connectivity index (χ1n) is 3.02. The molecule has 0 spiro atoms. The van der Waals surface area contributed by atoms with Gasteiger partial charge in [0.1, 0.15) is 0 Å². The van der Waals surface area contributed by atoms with Gasteiger partial charge in [-0.3, -0.25) is 0 Å². The lowest BCUT2D eigenvalue weighted by molar-refractivity contribution is 0.0691. The van der Waals surface area contributed by atoms with Gasteiger partial charge in [-0.15, -0.1) is 11.3 Å². The predicted molar refractivity (Wildman–Crippen MR) is 49.8 cm³/mol. The van der Waals surface area contributed by atoms with Gasteiger partial charge in [0.25, 0.3) is 0 Å². The highest BCUT2D eigenvalue weighted by molar-refractivity contribution is 7.80. The van der Waals surface area contributed by atoms with E-state index in [1.807, 2.05) is 0 Å². The van der Waals surface area contributed by atoms with Gasteiger partial charge in [-0.1, -0.05) is 5.92 Å². The van der Waals surface area contributed by atoms with Crippen LogP contribution >= 0.6 is 24.0 Å². The van der Waals surface area contributed by atoms with E-state index in [1.54, 1.807) is 0 Å². The smallest absolute Gasteiger partial charge is 0.355 e. The van der Waals surface area contributed by atoms with Crippen LogP contribution in [0.15, 0.2) is 5.38 Å². The van der Waals surface area contributed by atoms with Gasteiger partial charge in [0.15, 0.2) is 10.7 Å². The van der Waals surface area contributed by atoms with Crippen molar-refractivity contribution < 1.29 is 9.90 Å². The van der Waals surface area contributed by atoms with Crippen LogP contribution in [0.1, 0.15) is 15.5 Å². The molecule has 0 saturated heterocycles. The first kappa shape index (κ1) is 9.10. The van der Waals surface area contributed by atoms with Crippen molar-refractivity contribution in [2.45, 2.75) is 0 Å². The summed E-state index contributed by atoms with van der Waals surface area (Å²) in [4.78, 5) is 14.1. The second-order valence-electron chi connectivity index (χ2n) is 1.80. The SMILES string of the molecule is O=C(O)c1csc(C#CCS)n1. The lowest BCUT2D eigenvalue weighted by Crippen LogP contribution is -1.95. The lowest BCUT2D eigenvalue weighted by Gasteiger charge is -1.79. The van der Waals surface area contributed by atoms with Crippen LogP contribution in [0.3, 0.4) is 0 Å². The number of carboxylic acids is 1. The van der Waals surface area contributed by atoms with Gasteiger partial charge in [0, 0.05) is 5.38 Å². The fourth-order valence-electron chi connectivity index (χ4n) is 0.545. The molecule has 12 heavy (non-hydrogen) atoms. The third-order valence-electron chi connectivity index (χ3n) is 0.998. The molecule has 1 rings (SSSR count). The van der Waals surface area contributed by atoms with E-state index in [1.165, 1.54) is 16.7 Å². The number of carboxylic acid groups (broad SMARTS) is 1. The molecule has 1 aromatic heterocycles. The van der Waals surface area contributed by atoms with Gasteiger partial charge in [-0.2, -0.15) is 12.6 Å². The maximum atomic E-state index is 10.4. The van der Waals surface area contributed by atoms with E-state index in [-0.39, 0.29) is 5.69 Å². The van der Waals surface area contributed by atoms with E-state index >= 15 is 0 Å². The fraction of sp³-hybridized carbons (Fsp3) is 0.143. The van der Waals surface area contributed by atoms with Gasteiger partial charge in [-0.25, -0.2) is 9.78 Å². The number of thiazole rings is 1. The minimum atomic E-state index is -1.02. The third-order valence-corrected chi connectivity index (χ3v) is 1.91. The molecule has 3 nitrogen and oxygen atoms in total. The van der Waals surface area contributed by atoms with Crippen molar-refractivity contribution in [2.24, 2.45) is 0 Å². The second-order valence-corrected chi connectivity index (χ2v) is 2.98. The molecular formula is C7H5NO2S2. The van der Waals surface area contributed by atoms with Crippen molar-refractivity contribution >= 4 is 29.9 Å². The zero-order valence-electron chi connectivity index (χ0n) is 5.94. The number of hydrogen-bond acceptors (Lipinski definition) is 4. The number of nitrogens with zero attached hydrogens (tertiary/aromatic N) is 1. The quantitative estimate of drug-likeness (QED) is 0.526. The molecule has 62 valence electrons. The zero-order chi connectivity index (χ0) is 8.97. The molecule has 0 aliphatic heterocycles. The topological polar surface area (TPSA) is 50.2 Å². The largest absolute Gasteiger partial charge is 0.476 e. The molecule has 0 radical (unpaired) electrons. The maximum Gasteiger partial charge on any atom is 0.355 e. The molecule has 1 heterocycles. The Morgan fingerprint density at radius 2 is 2.58 bits per heavy atom. The highest BCUT2D eigenvalue weighted by Gasteiger charge is 2.05. The normalized spacial score (nSPS) is 8.75. The summed E-state index contributed by atoms with van der Waals surface area (Å²) < 4.78 is 0.